The second kappa shape index (κ2) is 17.0. The number of carbonyl (C=O) groups is 5. The van der Waals surface area contributed by atoms with Crippen LogP contribution in [0, 0.1) is 12.3 Å². The Morgan fingerprint density at radius 3 is 2.22 bits per heavy atom. The number of amidine groups is 1. The van der Waals surface area contributed by atoms with E-state index in [1.807, 2.05) is 19.1 Å². The number of hydrogen-bond acceptors (Lipinski definition) is 11. The summed E-state index contributed by atoms with van der Waals surface area (Å²) in [6.45, 7) is 5.84. The minimum Gasteiger partial charge on any atom is -0.480 e. The van der Waals surface area contributed by atoms with Gasteiger partial charge in [-0.3, -0.25) is 24.6 Å². The maximum atomic E-state index is 13.3. The molecule has 7 atom stereocenters. The minimum atomic E-state index is -1.59. The molecule has 4 amide bonds. The number of aryl methyl sites for hydroxylation is 2. The first kappa shape index (κ1) is 38.6. The molecule has 2 aromatic rings. The van der Waals surface area contributed by atoms with Gasteiger partial charge >= 0.3 is 5.97 Å². The van der Waals surface area contributed by atoms with Crippen LogP contribution in [0.4, 0.5) is 0 Å². The van der Waals surface area contributed by atoms with Crippen molar-refractivity contribution >= 4 is 46.4 Å². The van der Waals surface area contributed by atoms with E-state index < -0.39 is 78.6 Å². The molecule has 1 aliphatic heterocycles. The molecule has 1 aliphatic rings. The van der Waals surface area contributed by atoms with Crippen molar-refractivity contribution in [1.29, 1.82) is 5.41 Å². The minimum absolute atomic E-state index is 0.152. The summed E-state index contributed by atoms with van der Waals surface area (Å²) < 4.78 is 5.87. The van der Waals surface area contributed by atoms with Crippen molar-refractivity contribution < 1.29 is 43.7 Å². The maximum Gasteiger partial charge on any atom is 0.326 e. The number of nitrogens with two attached hydrogens (primary N) is 2. The number of aliphatic carboxylic acids is 1. The van der Waals surface area contributed by atoms with Crippen molar-refractivity contribution in [2.45, 2.75) is 89.3 Å². The third kappa shape index (κ3) is 9.85. The van der Waals surface area contributed by atoms with E-state index in [2.05, 4.69) is 26.6 Å². The molecule has 268 valence electrons. The monoisotopic (exact) mass is 686 g/mol. The molecule has 49 heavy (non-hydrogen) atoms. The number of carbonyl (C=O) groups excluding carboxylic acids is 4. The van der Waals surface area contributed by atoms with Gasteiger partial charge in [0.2, 0.25) is 23.6 Å². The quantitative estimate of drug-likeness (QED) is 0.0481. The van der Waals surface area contributed by atoms with Gasteiger partial charge < -0.3 is 57.8 Å². The Labute approximate surface area is 282 Å². The summed E-state index contributed by atoms with van der Waals surface area (Å²) in [5, 5.41) is 50.6. The number of furan rings is 1. The number of nitrogens with one attached hydrogen (secondary N) is 6. The van der Waals surface area contributed by atoms with Crippen molar-refractivity contribution in [1.82, 2.24) is 26.6 Å². The van der Waals surface area contributed by atoms with Gasteiger partial charge in [-0.2, -0.15) is 0 Å². The Bertz CT molecular complexity index is 1600. The molecule has 7 unspecified atom stereocenters. The average Bonchev–Trinajstić information content (AvgIpc) is 3.65. The third-order valence-electron chi connectivity index (χ3n) is 8.34. The van der Waals surface area contributed by atoms with E-state index in [4.69, 9.17) is 21.3 Å². The highest BCUT2D eigenvalue weighted by atomic mass is 16.4. The van der Waals surface area contributed by atoms with Gasteiger partial charge in [0.1, 0.15) is 47.4 Å². The Morgan fingerprint density at radius 2 is 1.63 bits per heavy atom. The number of benzene rings is 1. The molecule has 0 fully saturated rings. The van der Waals surface area contributed by atoms with E-state index in [1.165, 1.54) is 13.8 Å². The second-order valence-electron chi connectivity index (χ2n) is 12.0. The Hall–Kier alpha value is -4.84. The standard InChI is InChI=1S/C32H46N8O9/c1-5-17-6-7-23-19(10-17)14(2)24(49-23)12-21(32(47)48)39-28(43)15(3)37-30(45)22(13-41)40-29(44)20(38-31(46)25(33)16(4)42)11-18-8-9-36-26(18)27(34)35/h6-8,10,15-16,20-22,25-26,36,41-42H,5,9,11-13,33H2,1-4H3,(H3,34,35)(H,37,45)(H,38,46)(H,39,43)(H,40,44)(H,47,48). The lowest BCUT2D eigenvalue weighted by molar-refractivity contribution is -0.142. The Balaban J connectivity index is 1.68. The summed E-state index contributed by atoms with van der Waals surface area (Å²) in [5.74, 6) is -4.77. The van der Waals surface area contributed by atoms with Gasteiger partial charge in [0.05, 0.1) is 18.8 Å². The fraction of sp³-hybridized carbons (Fsp3) is 0.500. The second-order valence-corrected chi connectivity index (χ2v) is 12.0. The molecule has 0 saturated carbocycles. The molecule has 17 heteroatoms. The first-order valence-electron chi connectivity index (χ1n) is 15.8. The van der Waals surface area contributed by atoms with Gasteiger partial charge in [0.15, 0.2) is 0 Å². The summed E-state index contributed by atoms with van der Waals surface area (Å²) in [6.07, 6.45) is 0.928. The summed E-state index contributed by atoms with van der Waals surface area (Å²) in [7, 11) is 0. The lowest BCUT2D eigenvalue weighted by atomic mass is 9.98. The Morgan fingerprint density at radius 1 is 1.00 bits per heavy atom. The van der Waals surface area contributed by atoms with Crippen molar-refractivity contribution in [3.05, 3.63) is 46.7 Å². The summed E-state index contributed by atoms with van der Waals surface area (Å²) in [4.78, 5) is 64.1. The molecule has 13 N–H and O–H groups in total. The van der Waals surface area contributed by atoms with E-state index in [1.54, 1.807) is 19.1 Å². The molecule has 0 bridgehead atoms. The molecule has 0 saturated heterocycles. The van der Waals surface area contributed by atoms with Crippen LogP contribution in [0.5, 0.6) is 0 Å². The highest BCUT2D eigenvalue weighted by molar-refractivity contribution is 5.96. The van der Waals surface area contributed by atoms with Crippen LogP contribution < -0.4 is 38.1 Å². The largest absolute Gasteiger partial charge is 0.480 e. The molecule has 0 aliphatic carbocycles. The van der Waals surface area contributed by atoms with Crippen molar-refractivity contribution in [2.24, 2.45) is 11.5 Å². The topological polar surface area (TPSA) is 295 Å². The lowest BCUT2D eigenvalue weighted by Crippen LogP contribution is -2.59. The normalized spacial score (nSPS) is 17.9. The lowest BCUT2D eigenvalue weighted by Gasteiger charge is -2.26. The number of aliphatic hydroxyl groups excluding tert-OH is 2. The number of carboxylic acid groups (broad SMARTS) is 1. The number of hydrogen-bond donors (Lipinski definition) is 11. The number of carboxylic acids is 1. The zero-order chi connectivity index (χ0) is 36.6. The third-order valence-corrected chi connectivity index (χ3v) is 8.34. The van der Waals surface area contributed by atoms with Gasteiger partial charge in [-0.15, -0.1) is 0 Å². The smallest absolute Gasteiger partial charge is 0.326 e. The van der Waals surface area contributed by atoms with Crippen LogP contribution in [-0.4, -0.2) is 106 Å². The number of rotatable bonds is 17. The van der Waals surface area contributed by atoms with Crippen LogP contribution in [0.3, 0.4) is 0 Å². The predicted octanol–water partition coefficient (Wildman–Crippen LogP) is -2.19. The van der Waals surface area contributed by atoms with Crippen LogP contribution in [0.25, 0.3) is 11.0 Å². The van der Waals surface area contributed by atoms with Gasteiger partial charge in [0, 0.05) is 18.4 Å². The van der Waals surface area contributed by atoms with Crippen LogP contribution in [0.1, 0.15) is 44.1 Å². The maximum absolute atomic E-state index is 13.3. The molecule has 1 aromatic heterocycles. The number of fused-ring (bicyclic) bond motifs is 1. The SMILES string of the molecule is CCc1ccc2oc(CC(NC(=O)C(C)NC(=O)C(CO)NC(=O)C(CC3=CCNC3C(=N)N)NC(=O)C(N)C(C)O)C(=O)O)c(C)c2c1. The molecule has 3 rings (SSSR count). The number of amides is 4. The van der Waals surface area contributed by atoms with Gasteiger partial charge in [-0.1, -0.05) is 19.1 Å². The predicted molar refractivity (Wildman–Crippen MR) is 178 cm³/mol. The van der Waals surface area contributed by atoms with Crippen LogP contribution in [0.2, 0.25) is 0 Å². The van der Waals surface area contributed by atoms with Crippen molar-refractivity contribution in [2.75, 3.05) is 13.2 Å². The first-order valence-corrected chi connectivity index (χ1v) is 15.8. The summed E-state index contributed by atoms with van der Waals surface area (Å²) in [6, 6.07) is -2.05. The molecule has 1 aromatic carbocycles. The van der Waals surface area contributed by atoms with Crippen LogP contribution >= 0.6 is 0 Å². The molecule has 0 radical (unpaired) electrons. The van der Waals surface area contributed by atoms with E-state index in [9.17, 15) is 39.3 Å². The highest BCUT2D eigenvalue weighted by Gasteiger charge is 2.34. The fourth-order valence-corrected chi connectivity index (χ4v) is 5.26. The van der Waals surface area contributed by atoms with Crippen molar-refractivity contribution in [3.8, 4) is 0 Å². The van der Waals surface area contributed by atoms with Crippen LogP contribution in [-0.2, 0) is 36.8 Å². The molecule has 17 nitrogen and oxygen atoms in total. The molecular weight excluding hydrogens is 640 g/mol. The first-order chi connectivity index (χ1) is 23.1. The zero-order valence-corrected chi connectivity index (χ0v) is 27.8. The average molecular weight is 687 g/mol. The molecular formula is C32H46N8O9. The van der Waals surface area contributed by atoms with E-state index in [-0.39, 0.29) is 18.7 Å². The number of aliphatic hydroxyl groups is 2. The van der Waals surface area contributed by atoms with Gasteiger partial charge in [0.25, 0.3) is 0 Å². The fourth-order valence-electron chi connectivity index (χ4n) is 5.26. The van der Waals surface area contributed by atoms with Crippen molar-refractivity contribution in [3.63, 3.8) is 0 Å². The van der Waals surface area contributed by atoms with Gasteiger partial charge in [-0.05, 0) is 62.4 Å². The van der Waals surface area contributed by atoms with Crippen LogP contribution in [0.15, 0.2) is 34.3 Å². The van der Waals surface area contributed by atoms with Gasteiger partial charge in [-0.25, -0.2) is 4.79 Å². The summed E-state index contributed by atoms with van der Waals surface area (Å²) >= 11 is 0. The molecule has 2 heterocycles. The summed E-state index contributed by atoms with van der Waals surface area (Å²) in [5.41, 5.74) is 14.3. The Kier molecular flexibility index (Phi) is 13.4. The zero-order valence-electron chi connectivity index (χ0n) is 27.8. The van der Waals surface area contributed by atoms with E-state index in [0.29, 0.717) is 23.5 Å². The van der Waals surface area contributed by atoms with E-state index >= 15 is 0 Å². The van der Waals surface area contributed by atoms with E-state index in [0.717, 1.165) is 22.9 Å². The molecule has 0 spiro atoms. The highest BCUT2D eigenvalue weighted by Crippen LogP contribution is 2.27.